The first-order chi connectivity index (χ1) is 13.0. The molecule has 0 aliphatic rings. The molecule has 0 fully saturated rings. The Morgan fingerprint density at radius 3 is 2.63 bits per heavy atom. The molecule has 1 aromatic heterocycles. The number of nitrogens with one attached hydrogen (secondary N) is 3. The fourth-order valence-electron chi connectivity index (χ4n) is 2.42. The molecular weight excluding hydrogens is 366 g/mol. The van der Waals surface area contributed by atoms with Crippen molar-refractivity contribution >= 4 is 16.0 Å². The second-order valence-electron chi connectivity index (χ2n) is 5.85. The van der Waals surface area contributed by atoms with Gasteiger partial charge in [0.05, 0.1) is 5.75 Å². The zero-order valence-electron chi connectivity index (χ0n) is 15.7. The second kappa shape index (κ2) is 10.6. The zero-order valence-corrected chi connectivity index (χ0v) is 16.5. The van der Waals surface area contributed by atoms with E-state index in [9.17, 15) is 8.42 Å². The normalized spacial score (nSPS) is 12.1. The van der Waals surface area contributed by atoms with Gasteiger partial charge >= 0.3 is 0 Å². The number of guanidine groups is 1. The molecule has 1 aromatic carbocycles. The van der Waals surface area contributed by atoms with E-state index < -0.39 is 10.0 Å². The molecule has 0 aliphatic heterocycles. The lowest BCUT2D eigenvalue weighted by molar-refractivity contribution is 0.579. The average Bonchev–Trinajstić information content (AvgIpc) is 3.13. The summed E-state index contributed by atoms with van der Waals surface area (Å²) >= 11 is 0. The van der Waals surface area contributed by atoms with Crippen LogP contribution in [0.5, 0.6) is 0 Å². The first kappa shape index (κ1) is 20.8. The van der Waals surface area contributed by atoms with Crippen LogP contribution in [0, 0.1) is 0 Å². The van der Waals surface area contributed by atoms with E-state index in [1.165, 1.54) is 0 Å². The highest BCUT2D eigenvalue weighted by molar-refractivity contribution is 7.89. The van der Waals surface area contributed by atoms with Crippen molar-refractivity contribution in [3.63, 3.8) is 0 Å². The lowest BCUT2D eigenvalue weighted by Crippen LogP contribution is -2.42. The summed E-state index contributed by atoms with van der Waals surface area (Å²) in [6.07, 6.45) is 2.52. The summed E-state index contributed by atoms with van der Waals surface area (Å²) in [6, 6.07) is 9.42. The minimum absolute atomic E-state index is 0.0358. The van der Waals surface area contributed by atoms with Crippen molar-refractivity contribution in [2.45, 2.75) is 26.4 Å². The maximum atomic E-state index is 12.1. The number of rotatable bonds is 10. The molecule has 0 bridgehead atoms. The van der Waals surface area contributed by atoms with Gasteiger partial charge in [0.25, 0.3) is 0 Å². The van der Waals surface area contributed by atoms with Crippen LogP contribution in [0.15, 0.2) is 41.7 Å². The molecule has 0 spiro atoms. The molecule has 0 atom stereocenters. The fourth-order valence-corrected chi connectivity index (χ4v) is 3.32. The summed E-state index contributed by atoms with van der Waals surface area (Å²) < 4.78 is 28.7. The molecule has 0 unspecified atom stereocenters. The lowest BCUT2D eigenvalue weighted by atomic mass is 10.2. The van der Waals surface area contributed by atoms with Crippen molar-refractivity contribution < 1.29 is 8.42 Å². The Morgan fingerprint density at radius 1 is 1.19 bits per heavy atom. The molecule has 0 aliphatic carbocycles. The van der Waals surface area contributed by atoms with E-state index in [1.807, 2.05) is 41.8 Å². The van der Waals surface area contributed by atoms with Crippen LogP contribution in [0.2, 0.25) is 0 Å². The van der Waals surface area contributed by atoms with Crippen LogP contribution >= 0.6 is 0 Å². The van der Waals surface area contributed by atoms with Gasteiger partial charge in [-0.05, 0) is 5.56 Å². The molecule has 148 valence electrons. The molecule has 0 amide bonds. The maximum Gasteiger partial charge on any atom is 0.213 e. The quantitative estimate of drug-likeness (QED) is 0.390. The van der Waals surface area contributed by atoms with Crippen molar-refractivity contribution in [3.8, 4) is 0 Å². The van der Waals surface area contributed by atoms with Crippen molar-refractivity contribution in [2.24, 2.45) is 4.99 Å². The van der Waals surface area contributed by atoms with E-state index in [0.29, 0.717) is 19.0 Å². The molecule has 0 radical (unpaired) electrons. The summed E-state index contributed by atoms with van der Waals surface area (Å²) in [5.74, 6) is 1.45. The van der Waals surface area contributed by atoms with E-state index in [-0.39, 0.29) is 18.8 Å². The zero-order chi connectivity index (χ0) is 19.5. The minimum Gasteiger partial charge on any atom is -0.355 e. The highest BCUT2D eigenvalue weighted by Gasteiger charge is 2.10. The molecular formula is C17H27N7O2S. The van der Waals surface area contributed by atoms with Crippen molar-refractivity contribution in [2.75, 3.05) is 25.9 Å². The Morgan fingerprint density at radius 2 is 1.93 bits per heavy atom. The number of aryl methyl sites for hydroxylation is 1. The Labute approximate surface area is 160 Å². The third kappa shape index (κ3) is 7.35. The van der Waals surface area contributed by atoms with Gasteiger partial charge < -0.3 is 15.2 Å². The topological polar surface area (TPSA) is 113 Å². The smallest absolute Gasteiger partial charge is 0.213 e. The Bertz CT molecular complexity index is 819. The number of nitrogens with zero attached hydrogens (tertiary/aromatic N) is 4. The van der Waals surface area contributed by atoms with Crippen LogP contribution < -0.4 is 15.4 Å². The molecule has 0 saturated carbocycles. The molecule has 9 nitrogen and oxygen atoms in total. The van der Waals surface area contributed by atoms with Crippen LogP contribution in [0.1, 0.15) is 18.3 Å². The third-order valence-electron chi connectivity index (χ3n) is 3.88. The maximum absolute atomic E-state index is 12.1. The van der Waals surface area contributed by atoms with E-state index in [4.69, 9.17) is 0 Å². The van der Waals surface area contributed by atoms with Gasteiger partial charge in [-0.25, -0.2) is 13.1 Å². The summed E-state index contributed by atoms with van der Waals surface area (Å²) in [5, 5.41) is 14.1. The highest BCUT2D eigenvalue weighted by atomic mass is 32.2. The van der Waals surface area contributed by atoms with Crippen molar-refractivity contribution in [1.29, 1.82) is 0 Å². The van der Waals surface area contributed by atoms with Gasteiger partial charge in [0.2, 0.25) is 10.0 Å². The van der Waals surface area contributed by atoms with E-state index in [0.717, 1.165) is 17.8 Å². The van der Waals surface area contributed by atoms with E-state index in [1.54, 1.807) is 13.4 Å². The van der Waals surface area contributed by atoms with Crippen LogP contribution in [-0.2, 0) is 29.5 Å². The first-order valence-corrected chi connectivity index (χ1v) is 10.5. The van der Waals surface area contributed by atoms with Gasteiger partial charge in [0.15, 0.2) is 5.96 Å². The second-order valence-corrected chi connectivity index (χ2v) is 7.77. The molecule has 3 N–H and O–H groups in total. The van der Waals surface area contributed by atoms with Gasteiger partial charge in [0, 0.05) is 39.6 Å². The average molecular weight is 394 g/mol. The number of hydrogen-bond acceptors (Lipinski definition) is 5. The predicted octanol–water partition coefficient (Wildman–Crippen LogP) is 0.125. The van der Waals surface area contributed by atoms with Crippen LogP contribution in [0.4, 0.5) is 0 Å². The molecule has 10 heteroatoms. The monoisotopic (exact) mass is 393 g/mol. The van der Waals surface area contributed by atoms with Crippen molar-refractivity contribution in [1.82, 2.24) is 30.1 Å². The summed E-state index contributed by atoms with van der Waals surface area (Å²) in [6.45, 7) is 3.91. The molecule has 2 rings (SSSR count). The van der Waals surface area contributed by atoms with Crippen LogP contribution in [0.3, 0.4) is 0 Å². The van der Waals surface area contributed by atoms with Gasteiger partial charge in [-0.15, -0.1) is 10.2 Å². The number of hydrogen-bond donors (Lipinski definition) is 3. The summed E-state index contributed by atoms with van der Waals surface area (Å²) in [7, 11) is -1.72. The van der Waals surface area contributed by atoms with Gasteiger partial charge in [-0.2, -0.15) is 0 Å². The summed E-state index contributed by atoms with van der Waals surface area (Å²) in [5.41, 5.74) is 0.923. The number of benzene rings is 1. The highest BCUT2D eigenvalue weighted by Crippen LogP contribution is 1.98. The van der Waals surface area contributed by atoms with Crippen LogP contribution in [-0.4, -0.2) is 55.0 Å². The minimum atomic E-state index is -3.36. The molecule has 27 heavy (non-hydrogen) atoms. The van der Waals surface area contributed by atoms with Crippen molar-refractivity contribution in [3.05, 3.63) is 48.0 Å². The standard InChI is InChI=1S/C17H27N7O2S/c1-3-16-23-21-14-24(16)11-9-19-17(18-2)20-10-12-27(25,26)22-13-15-7-5-4-6-8-15/h4-8,14,22H,3,9-13H2,1-2H3,(H2,18,19,20). The Hall–Kier alpha value is -2.46. The largest absolute Gasteiger partial charge is 0.355 e. The van der Waals surface area contributed by atoms with Gasteiger partial charge in [-0.1, -0.05) is 37.3 Å². The first-order valence-electron chi connectivity index (χ1n) is 8.86. The Balaban J connectivity index is 1.69. The Kier molecular flexibility index (Phi) is 8.21. The SMILES string of the molecule is CCc1nncn1CCNC(=NC)NCCS(=O)(=O)NCc1ccccc1. The molecule has 2 aromatic rings. The summed E-state index contributed by atoms with van der Waals surface area (Å²) in [4.78, 5) is 4.10. The van der Waals surface area contributed by atoms with Crippen LogP contribution in [0.25, 0.3) is 0 Å². The van der Waals surface area contributed by atoms with Gasteiger partial charge in [0.1, 0.15) is 12.2 Å². The van der Waals surface area contributed by atoms with E-state index >= 15 is 0 Å². The number of sulfonamides is 1. The lowest BCUT2D eigenvalue weighted by Gasteiger charge is -2.13. The van der Waals surface area contributed by atoms with E-state index in [2.05, 4.69) is 30.5 Å². The third-order valence-corrected chi connectivity index (χ3v) is 5.21. The number of aromatic nitrogens is 3. The van der Waals surface area contributed by atoms with Gasteiger partial charge in [-0.3, -0.25) is 4.99 Å². The fraction of sp³-hybridized carbons (Fsp3) is 0.471. The predicted molar refractivity (Wildman–Crippen MR) is 106 cm³/mol. The number of aliphatic imine (C=N–C) groups is 1. The molecule has 0 saturated heterocycles. The molecule has 1 heterocycles.